The lowest BCUT2D eigenvalue weighted by Crippen LogP contribution is -2.25. The van der Waals surface area contributed by atoms with Gasteiger partial charge in [-0.2, -0.15) is 0 Å². The maximum absolute atomic E-state index is 12.0. The summed E-state index contributed by atoms with van der Waals surface area (Å²) in [4.78, 5) is 0.144. The highest BCUT2D eigenvalue weighted by Crippen LogP contribution is 2.25. The van der Waals surface area contributed by atoms with Gasteiger partial charge in [0.1, 0.15) is 5.84 Å². The van der Waals surface area contributed by atoms with Crippen LogP contribution in [0.2, 0.25) is 5.02 Å². The van der Waals surface area contributed by atoms with Gasteiger partial charge in [0.2, 0.25) is 10.0 Å². The number of oxime groups is 1. The number of unbranched alkanes of at least 4 members (excludes halogenated alkanes) is 1. The second-order valence-corrected chi connectivity index (χ2v) is 7.05. The van der Waals surface area contributed by atoms with Gasteiger partial charge < -0.3 is 10.9 Å². The monoisotopic (exact) mass is 383 g/mol. The molecule has 1 aromatic carbocycles. The van der Waals surface area contributed by atoms with Gasteiger partial charge in [0.25, 0.3) is 0 Å². The van der Waals surface area contributed by atoms with Crippen LogP contribution in [0.5, 0.6) is 0 Å². The number of nitrogens with one attached hydrogen (secondary N) is 1. The predicted molar refractivity (Wildman–Crippen MR) is 81.6 cm³/mol. The molecule has 0 saturated heterocycles. The number of nitrogens with zero attached hydrogens (tertiary/aromatic N) is 1. The van der Waals surface area contributed by atoms with Crippen LogP contribution >= 0.6 is 27.5 Å². The van der Waals surface area contributed by atoms with Gasteiger partial charge >= 0.3 is 0 Å². The third-order valence-electron chi connectivity index (χ3n) is 2.48. The maximum atomic E-state index is 12.0. The Balaban J connectivity index is 2.51. The van der Waals surface area contributed by atoms with Crippen molar-refractivity contribution in [2.24, 2.45) is 10.9 Å². The van der Waals surface area contributed by atoms with Crippen molar-refractivity contribution in [2.45, 2.75) is 24.2 Å². The Morgan fingerprint density at radius 3 is 2.75 bits per heavy atom. The lowest BCUT2D eigenvalue weighted by atomic mass is 10.2. The highest BCUT2D eigenvalue weighted by molar-refractivity contribution is 9.10. The summed E-state index contributed by atoms with van der Waals surface area (Å²) in [6.07, 6.45) is 1.64. The first-order valence-electron chi connectivity index (χ1n) is 5.78. The quantitative estimate of drug-likeness (QED) is 0.220. The fourth-order valence-electron chi connectivity index (χ4n) is 1.41. The van der Waals surface area contributed by atoms with Gasteiger partial charge in [0.15, 0.2) is 0 Å². The van der Waals surface area contributed by atoms with E-state index in [0.29, 0.717) is 28.8 Å². The molecule has 0 aliphatic heterocycles. The van der Waals surface area contributed by atoms with Crippen molar-refractivity contribution in [1.29, 1.82) is 0 Å². The molecular weight excluding hydrogens is 370 g/mol. The minimum atomic E-state index is -3.56. The van der Waals surface area contributed by atoms with Crippen molar-refractivity contribution >= 4 is 43.4 Å². The molecule has 0 fully saturated rings. The zero-order valence-corrected chi connectivity index (χ0v) is 13.7. The molecule has 0 heterocycles. The van der Waals surface area contributed by atoms with Crippen LogP contribution in [0.4, 0.5) is 0 Å². The standard InChI is InChI=1S/C11H15BrClN3O3S/c12-9-7-8(4-5-10(9)13)20(18,19)15-6-2-1-3-11(14)16-17/h4-5,7,15,17H,1-3,6H2,(H2,14,16). The van der Waals surface area contributed by atoms with E-state index in [1.165, 1.54) is 18.2 Å². The largest absolute Gasteiger partial charge is 0.409 e. The van der Waals surface area contributed by atoms with E-state index in [1.807, 2.05) is 0 Å². The van der Waals surface area contributed by atoms with Crippen molar-refractivity contribution in [2.75, 3.05) is 6.54 Å². The van der Waals surface area contributed by atoms with E-state index in [-0.39, 0.29) is 17.3 Å². The average Bonchev–Trinajstić information content (AvgIpc) is 2.40. The van der Waals surface area contributed by atoms with Crippen LogP contribution in [0.3, 0.4) is 0 Å². The van der Waals surface area contributed by atoms with Crippen molar-refractivity contribution in [3.63, 3.8) is 0 Å². The number of hydrogen-bond donors (Lipinski definition) is 3. The molecule has 112 valence electrons. The van der Waals surface area contributed by atoms with Crippen LogP contribution in [0.25, 0.3) is 0 Å². The minimum Gasteiger partial charge on any atom is -0.409 e. The molecule has 0 spiro atoms. The third kappa shape index (κ3) is 5.28. The van der Waals surface area contributed by atoms with E-state index < -0.39 is 10.0 Å². The SMILES string of the molecule is N/C(CCCCNS(=O)(=O)c1ccc(Cl)c(Br)c1)=N/O. The lowest BCUT2D eigenvalue weighted by Gasteiger charge is -2.07. The number of sulfonamides is 1. The molecule has 0 aliphatic rings. The molecule has 9 heteroatoms. The molecule has 0 aliphatic carbocycles. The Labute approximate surface area is 131 Å². The van der Waals surface area contributed by atoms with Gasteiger partial charge in [-0.15, -0.1) is 0 Å². The molecule has 1 rings (SSSR count). The number of benzene rings is 1. The smallest absolute Gasteiger partial charge is 0.240 e. The summed E-state index contributed by atoms with van der Waals surface area (Å²) in [6, 6.07) is 4.39. The van der Waals surface area contributed by atoms with Crippen LogP contribution in [-0.2, 0) is 10.0 Å². The highest BCUT2D eigenvalue weighted by atomic mass is 79.9. The van der Waals surface area contributed by atoms with E-state index in [1.54, 1.807) is 0 Å². The van der Waals surface area contributed by atoms with E-state index in [0.717, 1.165) is 0 Å². The molecule has 0 saturated carbocycles. The van der Waals surface area contributed by atoms with Gasteiger partial charge in [0.05, 0.1) is 9.92 Å². The summed E-state index contributed by atoms with van der Waals surface area (Å²) in [5, 5.41) is 11.6. The van der Waals surface area contributed by atoms with Gasteiger partial charge in [-0.1, -0.05) is 16.8 Å². The first-order chi connectivity index (χ1) is 9.36. The Morgan fingerprint density at radius 1 is 1.45 bits per heavy atom. The molecule has 0 amide bonds. The number of amidine groups is 1. The second kappa shape index (κ2) is 7.82. The molecule has 0 radical (unpaired) electrons. The van der Waals surface area contributed by atoms with Crippen LogP contribution in [0, 0.1) is 0 Å². The van der Waals surface area contributed by atoms with Crippen LogP contribution in [0.15, 0.2) is 32.7 Å². The lowest BCUT2D eigenvalue weighted by molar-refractivity contribution is 0.316. The summed E-state index contributed by atoms with van der Waals surface area (Å²) in [5.41, 5.74) is 5.31. The molecule has 1 aromatic rings. The summed E-state index contributed by atoms with van der Waals surface area (Å²) >= 11 is 8.99. The first-order valence-corrected chi connectivity index (χ1v) is 8.43. The molecule has 0 aromatic heterocycles. The topological polar surface area (TPSA) is 105 Å². The van der Waals surface area contributed by atoms with E-state index in [2.05, 4.69) is 25.8 Å². The fraction of sp³-hybridized carbons (Fsp3) is 0.364. The zero-order chi connectivity index (χ0) is 15.2. The van der Waals surface area contributed by atoms with Gasteiger partial charge in [-0.3, -0.25) is 0 Å². The van der Waals surface area contributed by atoms with Gasteiger partial charge in [-0.05, 0) is 47.0 Å². The third-order valence-corrected chi connectivity index (χ3v) is 5.15. The van der Waals surface area contributed by atoms with Crippen molar-refractivity contribution in [3.8, 4) is 0 Å². The van der Waals surface area contributed by atoms with Crippen LogP contribution in [-0.4, -0.2) is 26.0 Å². The maximum Gasteiger partial charge on any atom is 0.240 e. The van der Waals surface area contributed by atoms with E-state index in [4.69, 9.17) is 22.5 Å². The number of halogens is 2. The van der Waals surface area contributed by atoms with E-state index >= 15 is 0 Å². The molecule has 0 atom stereocenters. The highest BCUT2D eigenvalue weighted by Gasteiger charge is 2.14. The Kier molecular flexibility index (Phi) is 6.74. The summed E-state index contributed by atoms with van der Waals surface area (Å²) in [6.45, 7) is 0.279. The second-order valence-electron chi connectivity index (χ2n) is 4.02. The van der Waals surface area contributed by atoms with Gasteiger partial charge in [0, 0.05) is 17.4 Å². The van der Waals surface area contributed by atoms with E-state index in [9.17, 15) is 8.42 Å². The summed E-state index contributed by atoms with van der Waals surface area (Å²) < 4.78 is 27.0. The van der Waals surface area contributed by atoms with Crippen molar-refractivity contribution in [1.82, 2.24) is 4.72 Å². The zero-order valence-electron chi connectivity index (χ0n) is 10.5. The average molecular weight is 385 g/mol. The number of hydrogen-bond acceptors (Lipinski definition) is 4. The molecule has 6 nitrogen and oxygen atoms in total. The van der Waals surface area contributed by atoms with Gasteiger partial charge in [-0.25, -0.2) is 13.1 Å². The minimum absolute atomic E-state index is 0.134. The first kappa shape index (κ1) is 17.2. The summed E-state index contributed by atoms with van der Waals surface area (Å²) in [7, 11) is -3.56. The number of rotatable bonds is 7. The molecule has 4 N–H and O–H groups in total. The Hall–Kier alpha value is -0.830. The fourth-order valence-corrected chi connectivity index (χ4v) is 3.16. The Bertz CT molecular complexity index is 593. The molecule has 0 bridgehead atoms. The molecule has 0 unspecified atom stereocenters. The predicted octanol–water partition coefficient (Wildman–Crippen LogP) is 2.30. The normalized spacial score (nSPS) is 12.6. The number of nitrogens with two attached hydrogens (primary N) is 1. The van der Waals surface area contributed by atoms with Crippen LogP contribution < -0.4 is 10.5 Å². The molecular formula is C11H15BrClN3O3S. The van der Waals surface area contributed by atoms with Crippen molar-refractivity contribution < 1.29 is 13.6 Å². The summed E-state index contributed by atoms with van der Waals surface area (Å²) in [5.74, 6) is 0.134. The molecule has 20 heavy (non-hydrogen) atoms. The Morgan fingerprint density at radius 2 is 2.15 bits per heavy atom. The van der Waals surface area contributed by atoms with Crippen LogP contribution in [0.1, 0.15) is 19.3 Å². The van der Waals surface area contributed by atoms with Crippen molar-refractivity contribution in [3.05, 3.63) is 27.7 Å².